The third-order valence-electron chi connectivity index (χ3n) is 4.57. The van der Waals surface area contributed by atoms with Gasteiger partial charge in [-0.3, -0.25) is 4.57 Å². The van der Waals surface area contributed by atoms with Crippen LogP contribution in [0.3, 0.4) is 0 Å². The van der Waals surface area contributed by atoms with Crippen LogP contribution in [0.1, 0.15) is 18.4 Å². The van der Waals surface area contributed by atoms with Gasteiger partial charge in [0.2, 0.25) is 0 Å². The van der Waals surface area contributed by atoms with Crippen molar-refractivity contribution in [3.05, 3.63) is 51.7 Å². The summed E-state index contributed by atoms with van der Waals surface area (Å²) >= 11 is 0. The van der Waals surface area contributed by atoms with E-state index >= 15 is 0 Å². The Hall–Kier alpha value is -2.51. The van der Waals surface area contributed by atoms with Crippen LogP contribution in [0.15, 0.2) is 23.0 Å². The van der Waals surface area contributed by atoms with Crippen molar-refractivity contribution in [3.8, 4) is 0 Å². The first-order valence-corrected chi connectivity index (χ1v) is 7.79. The van der Waals surface area contributed by atoms with E-state index in [1.54, 1.807) is 10.6 Å². The quantitative estimate of drug-likeness (QED) is 0.874. The van der Waals surface area contributed by atoms with E-state index in [-0.39, 0.29) is 17.8 Å². The van der Waals surface area contributed by atoms with Gasteiger partial charge in [-0.05, 0) is 30.5 Å². The Labute approximate surface area is 135 Å². The van der Waals surface area contributed by atoms with E-state index in [0.29, 0.717) is 18.4 Å². The average Bonchev–Trinajstić information content (AvgIpc) is 3.12. The number of halogens is 3. The molecule has 126 valence electrons. The molecule has 1 atom stereocenters. The molecule has 1 aromatic heterocycles. The van der Waals surface area contributed by atoms with Crippen molar-refractivity contribution in [1.82, 2.24) is 9.55 Å². The van der Waals surface area contributed by atoms with Crippen molar-refractivity contribution in [1.29, 1.82) is 0 Å². The number of aromatic nitrogens is 2. The number of rotatable bonds is 3. The average molecular weight is 336 g/mol. The lowest BCUT2D eigenvalue weighted by Crippen LogP contribution is -2.24. The summed E-state index contributed by atoms with van der Waals surface area (Å²) in [6.45, 7) is 1.59. The fourth-order valence-corrected chi connectivity index (χ4v) is 3.43. The zero-order valence-corrected chi connectivity index (χ0v) is 12.7. The smallest absolute Gasteiger partial charge is 0.351 e. The lowest BCUT2D eigenvalue weighted by molar-refractivity contribution is 0.445. The van der Waals surface area contributed by atoms with Crippen molar-refractivity contribution in [3.63, 3.8) is 0 Å². The number of nitrogens with one attached hydrogen (secondary N) is 1. The zero-order valence-electron chi connectivity index (χ0n) is 12.7. The van der Waals surface area contributed by atoms with Gasteiger partial charge >= 0.3 is 5.69 Å². The minimum Gasteiger partial charge on any atom is -0.366 e. The van der Waals surface area contributed by atoms with Crippen LogP contribution in [0.5, 0.6) is 0 Å². The number of hydrogen-bond acceptors (Lipinski definition) is 4. The van der Waals surface area contributed by atoms with E-state index in [1.165, 1.54) is 0 Å². The summed E-state index contributed by atoms with van der Waals surface area (Å²) in [6, 6.07) is 3.95. The van der Waals surface area contributed by atoms with E-state index in [4.69, 9.17) is 0 Å². The van der Waals surface area contributed by atoms with Crippen molar-refractivity contribution in [2.45, 2.75) is 32.0 Å². The van der Waals surface area contributed by atoms with Gasteiger partial charge in [0, 0.05) is 31.7 Å². The summed E-state index contributed by atoms with van der Waals surface area (Å²) in [5.74, 6) is -2.82. The number of nitrogens with zero attached hydrogens (tertiary/aromatic N) is 3. The maximum Gasteiger partial charge on any atom is 0.351 e. The molecule has 0 unspecified atom stereocenters. The first-order chi connectivity index (χ1) is 11.5. The number of fused-ring (bicyclic) bond motifs is 3. The molecule has 0 amide bonds. The molecule has 4 rings (SSSR count). The Morgan fingerprint density at radius 2 is 1.96 bits per heavy atom. The predicted molar refractivity (Wildman–Crippen MR) is 82.5 cm³/mol. The van der Waals surface area contributed by atoms with Crippen LogP contribution in [-0.2, 0) is 13.1 Å². The maximum absolute atomic E-state index is 13.2. The summed E-state index contributed by atoms with van der Waals surface area (Å²) in [5, 5.41) is 2.88. The molecule has 0 radical (unpaired) electrons. The van der Waals surface area contributed by atoms with Gasteiger partial charge in [-0.15, -0.1) is 0 Å². The molecule has 24 heavy (non-hydrogen) atoms. The Morgan fingerprint density at radius 3 is 2.71 bits per heavy atom. The van der Waals surface area contributed by atoms with Crippen LogP contribution in [0.4, 0.5) is 24.8 Å². The topological polar surface area (TPSA) is 50.2 Å². The van der Waals surface area contributed by atoms with E-state index in [9.17, 15) is 18.0 Å². The van der Waals surface area contributed by atoms with Gasteiger partial charge in [-0.25, -0.2) is 18.0 Å². The van der Waals surface area contributed by atoms with Gasteiger partial charge in [0.25, 0.3) is 0 Å². The Balaban J connectivity index is 1.57. The largest absolute Gasteiger partial charge is 0.366 e. The normalized spacial score (nSPS) is 18.6. The second-order valence-corrected chi connectivity index (χ2v) is 6.11. The molecule has 1 saturated heterocycles. The molecule has 5 nitrogen and oxygen atoms in total. The summed E-state index contributed by atoms with van der Waals surface area (Å²) in [7, 11) is 0. The summed E-state index contributed by atoms with van der Waals surface area (Å²) < 4.78 is 41.1. The molecule has 2 aliphatic heterocycles. The lowest BCUT2D eigenvalue weighted by Gasteiger charge is -2.17. The highest BCUT2D eigenvalue weighted by Crippen LogP contribution is 2.32. The molecule has 0 spiro atoms. The molecule has 1 fully saturated rings. The Bertz CT molecular complexity index is 844. The summed E-state index contributed by atoms with van der Waals surface area (Å²) in [4.78, 5) is 18.3. The van der Waals surface area contributed by atoms with Crippen LogP contribution in [-0.4, -0.2) is 22.1 Å². The van der Waals surface area contributed by atoms with Crippen LogP contribution in [0, 0.1) is 17.5 Å². The molecule has 8 heteroatoms. The van der Waals surface area contributed by atoms with Crippen LogP contribution in [0.25, 0.3) is 0 Å². The Kier molecular flexibility index (Phi) is 3.47. The number of hydrogen-bond donors (Lipinski definition) is 1. The summed E-state index contributed by atoms with van der Waals surface area (Å²) in [6.07, 6.45) is 2.15. The van der Waals surface area contributed by atoms with Gasteiger partial charge < -0.3 is 10.2 Å². The second kappa shape index (κ2) is 5.54. The molecule has 2 aliphatic rings. The number of anilines is 2. The van der Waals surface area contributed by atoms with E-state index in [0.717, 1.165) is 37.3 Å². The third kappa shape index (κ3) is 2.42. The monoisotopic (exact) mass is 336 g/mol. The predicted octanol–water partition coefficient (Wildman–Crippen LogP) is 2.26. The minimum absolute atomic E-state index is 0.0352. The fourth-order valence-electron chi connectivity index (χ4n) is 3.43. The molecule has 3 heterocycles. The van der Waals surface area contributed by atoms with Crippen molar-refractivity contribution < 1.29 is 13.2 Å². The first-order valence-electron chi connectivity index (χ1n) is 7.79. The summed E-state index contributed by atoms with van der Waals surface area (Å²) in [5.41, 5.74) is -0.117. The van der Waals surface area contributed by atoms with E-state index in [2.05, 4.69) is 15.2 Å². The fraction of sp³-hybridized carbons (Fsp3) is 0.375. The molecule has 0 aliphatic carbocycles. The molecule has 0 saturated carbocycles. The first kappa shape index (κ1) is 15.0. The van der Waals surface area contributed by atoms with Crippen LogP contribution < -0.4 is 15.9 Å². The van der Waals surface area contributed by atoms with Gasteiger partial charge in [0.15, 0.2) is 17.5 Å². The molecule has 1 N–H and O–H groups in total. The van der Waals surface area contributed by atoms with Crippen molar-refractivity contribution in [2.24, 2.45) is 0 Å². The molecule has 2 aromatic rings. The van der Waals surface area contributed by atoms with Gasteiger partial charge in [0.1, 0.15) is 11.6 Å². The Morgan fingerprint density at radius 1 is 1.21 bits per heavy atom. The van der Waals surface area contributed by atoms with Gasteiger partial charge in [0.05, 0.1) is 0 Å². The minimum atomic E-state index is -1.49. The molecular formula is C16H15F3N4O. The van der Waals surface area contributed by atoms with Gasteiger partial charge in [-0.1, -0.05) is 0 Å². The van der Waals surface area contributed by atoms with Crippen LogP contribution >= 0.6 is 0 Å². The highest BCUT2D eigenvalue weighted by atomic mass is 19.2. The zero-order chi connectivity index (χ0) is 16.8. The lowest BCUT2D eigenvalue weighted by atomic mass is 10.2. The SMILES string of the molecule is O=c1nc(NCc2cc(F)c(F)c(F)c2)cc2n1C[C@@H]1CCCN21. The van der Waals surface area contributed by atoms with Gasteiger partial charge in [-0.2, -0.15) is 4.98 Å². The van der Waals surface area contributed by atoms with Crippen molar-refractivity contribution >= 4 is 11.6 Å². The molecular weight excluding hydrogens is 321 g/mol. The highest BCUT2D eigenvalue weighted by molar-refractivity contribution is 5.53. The standard InChI is InChI=1S/C16H15F3N4O/c17-11-4-9(5-12(18)15(11)19)7-20-13-6-14-22-3-1-2-10(22)8-23(14)16(24)21-13/h4-6,10H,1-3,7-8H2,(H,20,21,24)/t10-/m0/s1. The van der Waals surface area contributed by atoms with Crippen LogP contribution in [0.2, 0.25) is 0 Å². The highest BCUT2D eigenvalue weighted by Gasteiger charge is 2.34. The van der Waals surface area contributed by atoms with E-state index < -0.39 is 17.5 Å². The molecule has 0 bridgehead atoms. The second-order valence-electron chi connectivity index (χ2n) is 6.11. The van der Waals surface area contributed by atoms with E-state index in [1.807, 2.05) is 0 Å². The molecule has 1 aromatic carbocycles. The number of benzene rings is 1. The van der Waals surface area contributed by atoms with Crippen molar-refractivity contribution in [2.75, 3.05) is 16.8 Å². The maximum atomic E-state index is 13.2. The third-order valence-corrected chi connectivity index (χ3v) is 4.57.